The summed E-state index contributed by atoms with van der Waals surface area (Å²) in [6.45, 7) is 0. The number of rotatable bonds is 3. The normalized spacial score (nSPS) is 11.7. The van der Waals surface area contributed by atoms with Gasteiger partial charge in [0.1, 0.15) is 5.82 Å². The van der Waals surface area contributed by atoms with Gasteiger partial charge in [-0.1, -0.05) is 48.5 Å². The Kier molecular flexibility index (Phi) is 4.49. The van der Waals surface area contributed by atoms with Crippen LogP contribution in [-0.4, -0.2) is 19.1 Å². The molecular weight excluding hydrogens is 464 g/mol. The standard InChI is InChI=1S/C34H22N4/c1-2-8-26(9-3-1)37-18-16-28-29-20-30-27-10-4-5-11-32(27)38(33(30)19-23(29)12-14-31(28)37)34-15-13-25(22-36-34)24-7-6-17-35-21-24/h1-22H. The van der Waals surface area contributed by atoms with E-state index in [0.717, 1.165) is 28.0 Å². The van der Waals surface area contributed by atoms with Crippen LogP contribution in [-0.2, 0) is 0 Å². The molecular formula is C34H22N4. The third-order valence-corrected chi connectivity index (χ3v) is 7.49. The molecule has 0 atom stereocenters. The quantitative estimate of drug-likeness (QED) is 0.252. The van der Waals surface area contributed by atoms with Crippen molar-refractivity contribution in [2.24, 2.45) is 0 Å². The summed E-state index contributed by atoms with van der Waals surface area (Å²) in [5.41, 5.74) is 6.80. The molecule has 0 radical (unpaired) electrons. The van der Waals surface area contributed by atoms with Crippen LogP contribution in [0, 0.1) is 0 Å². The Morgan fingerprint density at radius 3 is 2.21 bits per heavy atom. The lowest BCUT2D eigenvalue weighted by Crippen LogP contribution is -1.97. The van der Waals surface area contributed by atoms with Crippen molar-refractivity contribution in [3.8, 4) is 22.6 Å². The highest BCUT2D eigenvalue weighted by atomic mass is 15.1. The van der Waals surface area contributed by atoms with Crippen LogP contribution in [0.25, 0.3) is 66.1 Å². The monoisotopic (exact) mass is 486 g/mol. The number of pyridine rings is 2. The lowest BCUT2D eigenvalue weighted by Gasteiger charge is -2.09. The van der Waals surface area contributed by atoms with Gasteiger partial charge in [0.15, 0.2) is 0 Å². The van der Waals surface area contributed by atoms with Crippen LogP contribution in [0.2, 0.25) is 0 Å². The Labute approximate surface area is 219 Å². The second-order valence-electron chi connectivity index (χ2n) is 9.61. The molecule has 0 saturated heterocycles. The molecule has 0 unspecified atom stereocenters. The second kappa shape index (κ2) is 8.15. The summed E-state index contributed by atoms with van der Waals surface area (Å²) >= 11 is 0. The van der Waals surface area contributed by atoms with Gasteiger partial charge < -0.3 is 4.57 Å². The highest BCUT2D eigenvalue weighted by molar-refractivity contribution is 6.18. The van der Waals surface area contributed by atoms with Crippen LogP contribution < -0.4 is 0 Å². The van der Waals surface area contributed by atoms with Crippen molar-refractivity contribution in [1.29, 1.82) is 0 Å². The fourth-order valence-corrected chi connectivity index (χ4v) is 5.70. The van der Waals surface area contributed by atoms with E-state index in [2.05, 4.69) is 123 Å². The molecule has 0 amide bonds. The zero-order valence-electron chi connectivity index (χ0n) is 20.5. The molecule has 0 aliphatic carbocycles. The average Bonchev–Trinajstić information content (AvgIpc) is 3.57. The molecule has 8 rings (SSSR count). The fourth-order valence-electron chi connectivity index (χ4n) is 5.70. The largest absolute Gasteiger partial charge is 0.317 e. The van der Waals surface area contributed by atoms with Crippen LogP contribution in [0.3, 0.4) is 0 Å². The summed E-state index contributed by atoms with van der Waals surface area (Å²) in [7, 11) is 0. The van der Waals surface area contributed by atoms with Crippen molar-refractivity contribution in [3.63, 3.8) is 0 Å². The van der Waals surface area contributed by atoms with Gasteiger partial charge in [0.05, 0.1) is 16.6 Å². The SMILES string of the molecule is c1ccc(-n2ccc3c4cc5c6ccccc6n(-c6ccc(-c7cccnc7)cn6)c5cc4ccc32)cc1. The van der Waals surface area contributed by atoms with Crippen molar-refractivity contribution < 1.29 is 0 Å². The number of aromatic nitrogens is 4. The number of benzene rings is 4. The molecule has 0 N–H and O–H groups in total. The Morgan fingerprint density at radius 2 is 1.37 bits per heavy atom. The minimum atomic E-state index is 0.902. The first kappa shape index (κ1) is 20.9. The van der Waals surface area contributed by atoms with Gasteiger partial charge in [0.2, 0.25) is 0 Å². The van der Waals surface area contributed by atoms with Gasteiger partial charge in [-0.05, 0) is 71.4 Å². The molecule has 0 aliphatic rings. The van der Waals surface area contributed by atoms with E-state index >= 15 is 0 Å². The van der Waals surface area contributed by atoms with Gasteiger partial charge in [0, 0.05) is 57.8 Å². The van der Waals surface area contributed by atoms with E-state index < -0.39 is 0 Å². The predicted octanol–water partition coefficient (Wildman–Crippen LogP) is 8.34. The Morgan fingerprint density at radius 1 is 0.526 bits per heavy atom. The Balaban J connectivity index is 1.36. The smallest absolute Gasteiger partial charge is 0.137 e. The number of fused-ring (bicyclic) bond motifs is 6. The topological polar surface area (TPSA) is 35.6 Å². The maximum Gasteiger partial charge on any atom is 0.137 e. The third-order valence-electron chi connectivity index (χ3n) is 7.49. The van der Waals surface area contributed by atoms with Crippen LogP contribution >= 0.6 is 0 Å². The summed E-state index contributed by atoms with van der Waals surface area (Å²) in [6, 6.07) is 38.7. The molecule has 0 saturated carbocycles. The third kappa shape index (κ3) is 3.10. The first-order valence-corrected chi connectivity index (χ1v) is 12.7. The van der Waals surface area contributed by atoms with E-state index in [-0.39, 0.29) is 0 Å². The molecule has 4 aromatic heterocycles. The van der Waals surface area contributed by atoms with E-state index in [0.29, 0.717) is 0 Å². The number of para-hydroxylation sites is 2. The van der Waals surface area contributed by atoms with E-state index in [1.54, 1.807) is 6.20 Å². The first-order chi connectivity index (χ1) is 18.8. The summed E-state index contributed by atoms with van der Waals surface area (Å²) in [6.07, 6.45) is 7.76. The summed E-state index contributed by atoms with van der Waals surface area (Å²) in [4.78, 5) is 9.15. The lowest BCUT2D eigenvalue weighted by molar-refractivity contribution is 1.08. The van der Waals surface area contributed by atoms with Crippen LogP contribution in [0.15, 0.2) is 134 Å². The molecule has 0 fully saturated rings. The van der Waals surface area contributed by atoms with Crippen molar-refractivity contribution in [2.75, 3.05) is 0 Å². The Bertz CT molecular complexity index is 2100. The zero-order chi connectivity index (χ0) is 25.1. The number of hydrogen-bond acceptors (Lipinski definition) is 2. The van der Waals surface area contributed by atoms with Crippen LogP contribution in [0.1, 0.15) is 0 Å². The zero-order valence-corrected chi connectivity index (χ0v) is 20.5. The number of hydrogen-bond donors (Lipinski definition) is 0. The summed E-state index contributed by atoms with van der Waals surface area (Å²) in [5.74, 6) is 0.902. The minimum absolute atomic E-state index is 0.902. The average molecular weight is 487 g/mol. The molecule has 4 aromatic carbocycles. The van der Waals surface area contributed by atoms with Gasteiger partial charge >= 0.3 is 0 Å². The van der Waals surface area contributed by atoms with Gasteiger partial charge in [-0.25, -0.2) is 4.98 Å². The molecule has 4 heteroatoms. The molecule has 178 valence electrons. The van der Waals surface area contributed by atoms with Gasteiger partial charge in [-0.3, -0.25) is 9.55 Å². The maximum absolute atomic E-state index is 4.90. The molecule has 8 aromatic rings. The van der Waals surface area contributed by atoms with E-state index in [4.69, 9.17) is 4.98 Å². The Hall–Kier alpha value is -5.22. The molecule has 0 spiro atoms. The van der Waals surface area contributed by atoms with E-state index in [1.165, 1.54) is 38.1 Å². The highest BCUT2D eigenvalue weighted by Crippen LogP contribution is 2.37. The van der Waals surface area contributed by atoms with Crippen LogP contribution in [0.5, 0.6) is 0 Å². The lowest BCUT2D eigenvalue weighted by atomic mass is 10.0. The molecule has 4 nitrogen and oxygen atoms in total. The van der Waals surface area contributed by atoms with Crippen molar-refractivity contribution in [1.82, 2.24) is 19.1 Å². The van der Waals surface area contributed by atoms with Gasteiger partial charge in [-0.15, -0.1) is 0 Å². The van der Waals surface area contributed by atoms with Gasteiger partial charge in [-0.2, -0.15) is 0 Å². The minimum Gasteiger partial charge on any atom is -0.317 e. The predicted molar refractivity (Wildman–Crippen MR) is 156 cm³/mol. The highest BCUT2D eigenvalue weighted by Gasteiger charge is 2.16. The molecule has 0 aliphatic heterocycles. The number of nitrogens with zero attached hydrogens (tertiary/aromatic N) is 4. The summed E-state index contributed by atoms with van der Waals surface area (Å²) < 4.78 is 4.53. The van der Waals surface area contributed by atoms with E-state index in [1.807, 2.05) is 18.5 Å². The van der Waals surface area contributed by atoms with Crippen molar-refractivity contribution >= 4 is 43.5 Å². The van der Waals surface area contributed by atoms with Crippen molar-refractivity contribution in [3.05, 3.63) is 134 Å². The first-order valence-electron chi connectivity index (χ1n) is 12.7. The second-order valence-corrected chi connectivity index (χ2v) is 9.61. The summed E-state index contributed by atoms with van der Waals surface area (Å²) in [5, 5.41) is 6.18. The maximum atomic E-state index is 4.90. The fraction of sp³-hybridized carbons (Fsp3) is 0. The van der Waals surface area contributed by atoms with E-state index in [9.17, 15) is 0 Å². The van der Waals surface area contributed by atoms with Crippen LogP contribution in [0.4, 0.5) is 0 Å². The van der Waals surface area contributed by atoms with Gasteiger partial charge in [0.25, 0.3) is 0 Å². The van der Waals surface area contributed by atoms with Crippen molar-refractivity contribution in [2.45, 2.75) is 0 Å². The molecule has 0 bridgehead atoms. The molecule has 38 heavy (non-hydrogen) atoms. The molecule has 4 heterocycles.